The fraction of sp³-hybridized carbons (Fsp3) is 0.250. The van der Waals surface area contributed by atoms with Crippen LogP contribution in [0.25, 0.3) is 10.8 Å². The molecule has 0 amide bonds. The highest BCUT2D eigenvalue weighted by molar-refractivity contribution is 5.94. The molecule has 0 radical (unpaired) electrons. The minimum Gasteiger partial charge on any atom is -0.486 e. The molecule has 0 aliphatic heterocycles. The summed E-state index contributed by atoms with van der Waals surface area (Å²) in [7, 11) is 0. The Balaban J connectivity index is 1.95. The number of fused-ring (bicyclic) bond motifs is 1. The molecule has 3 aromatic carbocycles. The van der Waals surface area contributed by atoms with Gasteiger partial charge in [0.2, 0.25) is 0 Å². The van der Waals surface area contributed by atoms with E-state index in [1.54, 1.807) is 12.1 Å². The first-order chi connectivity index (χ1) is 13.2. The fourth-order valence-electron chi connectivity index (χ4n) is 3.31. The summed E-state index contributed by atoms with van der Waals surface area (Å²) in [6.07, 6.45) is 0. The second kappa shape index (κ2) is 7.47. The van der Waals surface area contributed by atoms with Gasteiger partial charge in [0.05, 0.1) is 5.56 Å². The van der Waals surface area contributed by atoms with Gasteiger partial charge in [-0.1, -0.05) is 50.2 Å². The zero-order valence-corrected chi connectivity index (χ0v) is 16.6. The molecule has 3 rings (SSSR count). The highest BCUT2D eigenvalue weighted by Gasteiger charge is 2.24. The molecule has 0 aliphatic carbocycles. The van der Waals surface area contributed by atoms with E-state index in [1.165, 1.54) is 6.92 Å². The first-order valence-corrected chi connectivity index (χ1v) is 9.19. The normalized spacial score (nSPS) is 11.4. The van der Waals surface area contributed by atoms with Crippen LogP contribution in [0.1, 0.15) is 47.8 Å². The van der Waals surface area contributed by atoms with Crippen LogP contribution in [0.2, 0.25) is 0 Å². The van der Waals surface area contributed by atoms with Crippen molar-refractivity contribution in [3.8, 4) is 5.75 Å². The van der Waals surface area contributed by atoms with Crippen molar-refractivity contribution in [1.82, 2.24) is 0 Å². The molecule has 3 aromatic rings. The van der Waals surface area contributed by atoms with E-state index in [0.29, 0.717) is 0 Å². The van der Waals surface area contributed by atoms with E-state index in [1.807, 2.05) is 37.3 Å². The molecule has 0 fully saturated rings. The Hall–Kier alpha value is -3.14. The third-order valence-electron chi connectivity index (χ3n) is 5.14. The summed E-state index contributed by atoms with van der Waals surface area (Å²) in [5, 5.41) is 11.1. The highest BCUT2D eigenvalue weighted by Crippen LogP contribution is 2.35. The summed E-state index contributed by atoms with van der Waals surface area (Å²) in [5.74, 6) is -0.214. The Bertz CT molecular complexity index is 1060. The number of ketones is 1. The Kier molecular flexibility index (Phi) is 5.23. The maximum Gasteiger partial charge on any atom is 0.335 e. The van der Waals surface area contributed by atoms with E-state index < -0.39 is 5.97 Å². The third-order valence-corrected chi connectivity index (χ3v) is 5.14. The van der Waals surface area contributed by atoms with Crippen molar-refractivity contribution in [3.63, 3.8) is 0 Å². The Morgan fingerprint density at radius 3 is 2.18 bits per heavy atom. The molecular weight excluding hydrogens is 352 g/mol. The first-order valence-electron chi connectivity index (χ1n) is 9.19. The largest absolute Gasteiger partial charge is 0.486 e. The molecule has 1 N–H and O–H groups in total. The molecule has 144 valence electrons. The van der Waals surface area contributed by atoms with E-state index in [0.717, 1.165) is 33.2 Å². The summed E-state index contributed by atoms with van der Waals surface area (Å²) >= 11 is 0. The van der Waals surface area contributed by atoms with Gasteiger partial charge < -0.3 is 9.84 Å². The van der Waals surface area contributed by atoms with E-state index in [4.69, 9.17) is 9.84 Å². The number of aromatic carboxylic acids is 1. The van der Waals surface area contributed by atoms with Crippen LogP contribution in [0.3, 0.4) is 0 Å². The molecule has 28 heavy (non-hydrogen) atoms. The Labute approximate surface area is 164 Å². The van der Waals surface area contributed by atoms with Crippen LogP contribution in [-0.2, 0) is 10.2 Å². The summed E-state index contributed by atoms with van der Waals surface area (Å²) in [6, 6.07) is 17.3. The second-order valence-corrected chi connectivity index (χ2v) is 7.68. The quantitative estimate of drug-likeness (QED) is 0.647. The summed E-state index contributed by atoms with van der Waals surface area (Å²) in [4.78, 5) is 22.3. The van der Waals surface area contributed by atoms with Gasteiger partial charge in [-0.25, -0.2) is 4.79 Å². The monoisotopic (exact) mass is 376 g/mol. The number of rotatable bonds is 6. The maximum absolute atomic E-state index is 11.2. The van der Waals surface area contributed by atoms with Gasteiger partial charge in [0.1, 0.15) is 12.4 Å². The number of Topliss-reactive ketones (excluding diaryl/α,β-unsaturated/α-hetero) is 1. The molecule has 0 aliphatic rings. The number of carboxylic acid groups (broad SMARTS) is 1. The van der Waals surface area contributed by atoms with Gasteiger partial charge in [-0.05, 0) is 59.5 Å². The Morgan fingerprint density at radius 2 is 1.54 bits per heavy atom. The van der Waals surface area contributed by atoms with Crippen LogP contribution in [-0.4, -0.2) is 23.5 Å². The molecule has 0 saturated heterocycles. The van der Waals surface area contributed by atoms with Gasteiger partial charge in [0.25, 0.3) is 0 Å². The number of hydrogen-bond acceptors (Lipinski definition) is 3. The van der Waals surface area contributed by atoms with E-state index in [2.05, 4.69) is 26.0 Å². The van der Waals surface area contributed by atoms with Crippen molar-refractivity contribution in [2.75, 3.05) is 6.61 Å². The van der Waals surface area contributed by atoms with Crippen LogP contribution < -0.4 is 4.74 Å². The van der Waals surface area contributed by atoms with Crippen LogP contribution in [0, 0.1) is 6.92 Å². The van der Waals surface area contributed by atoms with Gasteiger partial charge in [-0.2, -0.15) is 0 Å². The summed E-state index contributed by atoms with van der Waals surface area (Å²) < 4.78 is 5.56. The van der Waals surface area contributed by atoms with Gasteiger partial charge in [0.15, 0.2) is 5.78 Å². The molecule has 0 saturated carbocycles. The van der Waals surface area contributed by atoms with Crippen molar-refractivity contribution >= 4 is 22.5 Å². The molecule has 4 nitrogen and oxygen atoms in total. The zero-order chi connectivity index (χ0) is 20.5. The van der Waals surface area contributed by atoms with Crippen LogP contribution in [0.4, 0.5) is 0 Å². The average Bonchev–Trinajstić information content (AvgIpc) is 2.65. The zero-order valence-electron chi connectivity index (χ0n) is 16.6. The van der Waals surface area contributed by atoms with Crippen molar-refractivity contribution in [1.29, 1.82) is 0 Å². The van der Waals surface area contributed by atoms with Crippen LogP contribution >= 0.6 is 0 Å². The minimum absolute atomic E-state index is 0.00831. The summed E-state index contributed by atoms with van der Waals surface area (Å²) in [6.45, 7) is 7.87. The molecule has 0 spiro atoms. The van der Waals surface area contributed by atoms with Gasteiger partial charge >= 0.3 is 5.97 Å². The SMILES string of the molecule is CC(=O)COc1ccc(C(C)(C)c2ccc3cc(C(=O)O)ccc3c2)cc1C. The lowest BCUT2D eigenvalue weighted by atomic mass is 9.77. The standard InChI is InChI=1S/C24H24O4/c1-15-11-20(9-10-22(15)28-14-16(2)25)24(3,4)21-8-7-17-12-19(23(26)27)6-5-18(17)13-21/h5-13H,14H2,1-4H3,(H,26,27). The molecule has 0 aromatic heterocycles. The number of carbonyl (C=O) groups is 2. The van der Waals surface area contributed by atoms with Gasteiger partial charge in [-0.3, -0.25) is 4.79 Å². The number of carbonyl (C=O) groups excluding carboxylic acids is 1. The minimum atomic E-state index is -0.922. The van der Waals surface area contributed by atoms with Crippen molar-refractivity contribution in [2.24, 2.45) is 0 Å². The fourth-order valence-corrected chi connectivity index (χ4v) is 3.31. The molecule has 0 bridgehead atoms. The van der Waals surface area contributed by atoms with Gasteiger partial charge in [0, 0.05) is 5.41 Å². The molecular formula is C24H24O4. The third kappa shape index (κ3) is 3.91. The lowest BCUT2D eigenvalue weighted by molar-refractivity contribution is -0.118. The van der Waals surface area contributed by atoms with E-state index in [9.17, 15) is 9.59 Å². The molecule has 0 atom stereocenters. The van der Waals surface area contributed by atoms with E-state index in [-0.39, 0.29) is 23.4 Å². The number of aryl methyl sites for hydroxylation is 1. The van der Waals surface area contributed by atoms with Crippen molar-refractivity contribution in [2.45, 2.75) is 33.1 Å². The number of benzene rings is 3. The first kappa shape index (κ1) is 19.6. The van der Waals surface area contributed by atoms with Gasteiger partial charge in [-0.15, -0.1) is 0 Å². The number of ether oxygens (including phenoxy) is 1. The van der Waals surface area contributed by atoms with Crippen molar-refractivity contribution in [3.05, 3.63) is 76.9 Å². The lowest BCUT2D eigenvalue weighted by Crippen LogP contribution is -2.19. The molecule has 4 heteroatoms. The maximum atomic E-state index is 11.2. The summed E-state index contributed by atoms with van der Waals surface area (Å²) in [5.41, 5.74) is 3.31. The topological polar surface area (TPSA) is 63.6 Å². The average molecular weight is 376 g/mol. The van der Waals surface area contributed by atoms with Crippen molar-refractivity contribution < 1.29 is 19.4 Å². The highest BCUT2D eigenvalue weighted by atomic mass is 16.5. The van der Waals surface area contributed by atoms with Crippen LogP contribution in [0.15, 0.2) is 54.6 Å². The molecule has 0 unspecified atom stereocenters. The van der Waals surface area contributed by atoms with E-state index >= 15 is 0 Å². The predicted molar refractivity (Wildman–Crippen MR) is 110 cm³/mol. The second-order valence-electron chi connectivity index (χ2n) is 7.68. The van der Waals surface area contributed by atoms with Crippen LogP contribution in [0.5, 0.6) is 5.75 Å². The Morgan fingerprint density at radius 1 is 0.929 bits per heavy atom. The number of carboxylic acids is 1. The lowest BCUT2D eigenvalue weighted by Gasteiger charge is -2.27. The molecule has 0 heterocycles. The number of hydrogen-bond donors (Lipinski definition) is 1. The predicted octanol–water partition coefficient (Wildman–Crippen LogP) is 5.14. The smallest absolute Gasteiger partial charge is 0.335 e.